The molecule has 35 heavy (non-hydrogen) atoms. The van der Waals surface area contributed by atoms with Gasteiger partial charge in [0.2, 0.25) is 0 Å². The lowest BCUT2D eigenvalue weighted by molar-refractivity contribution is 0.0846. The number of halogens is 1. The zero-order valence-electron chi connectivity index (χ0n) is 20.5. The normalized spacial score (nSPS) is 13.9. The van der Waals surface area contributed by atoms with E-state index in [4.69, 9.17) is 21.1 Å². The smallest absolute Gasteiger partial charge is 0.252 e. The van der Waals surface area contributed by atoms with Gasteiger partial charge in [-0.2, -0.15) is 0 Å². The highest BCUT2D eigenvalue weighted by Crippen LogP contribution is 2.32. The van der Waals surface area contributed by atoms with Crippen LogP contribution >= 0.6 is 11.6 Å². The second kappa shape index (κ2) is 11.6. The highest BCUT2D eigenvalue weighted by Gasteiger charge is 2.24. The molecule has 0 atom stereocenters. The molecule has 2 heterocycles. The van der Waals surface area contributed by atoms with E-state index in [1.807, 2.05) is 56.3 Å². The van der Waals surface area contributed by atoms with Crippen LogP contribution in [0, 0.1) is 13.8 Å². The maximum absolute atomic E-state index is 13.3. The van der Waals surface area contributed by atoms with E-state index in [-0.39, 0.29) is 12.5 Å². The molecule has 184 valence electrons. The lowest BCUT2D eigenvalue weighted by atomic mass is 10.0. The van der Waals surface area contributed by atoms with Gasteiger partial charge in [-0.15, -0.1) is 0 Å². The molecule has 4 rings (SSSR count). The van der Waals surface area contributed by atoms with Gasteiger partial charge in [-0.3, -0.25) is 9.78 Å². The molecule has 1 aliphatic rings. The number of hydrogen-bond donors (Lipinski definition) is 1. The summed E-state index contributed by atoms with van der Waals surface area (Å²) < 4.78 is 11.6. The molecule has 2 aromatic carbocycles. The van der Waals surface area contributed by atoms with Crippen LogP contribution in [0.1, 0.15) is 46.9 Å². The number of aromatic nitrogens is 1. The SMILES string of the molecule is CCN(c1cc(Cl)cc(C(=O)NCc2ncc(C)cc2Oc2ccccc2)c1C)C1CCOCC1. The molecule has 0 unspecified atom stereocenters. The number of rotatable bonds is 8. The minimum Gasteiger partial charge on any atom is -0.455 e. The molecule has 0 saturated carbocycles. The number of hydrogen-bond acceptors (Lipinski definition) is 5. The van der Waals surface area contributed by atoms with Crippen molar-refractivity contribution in [1.29, 1.82) is 0 Å². The lowest BCUT2D eigenvalue weighted by Crippen LogP contribution is -2.40. The first kappa shape index (κ1) is 25.0. The number of benzene rings is 2. The van der Waals surface area contributed by atoms with E-state index in [0.717, 1.165) is 55.2 Å². The van der Waals surface area contributed by atoms with Gasteiger partial charge in [0.25, 0.3) is 5.91 Å². The molecule has 0 radical (unpaired) electrons. The van der Waals surface area contributed by atoms with Crippen molar-refractivity contribution < 1.29 is 14.3 Å². The summed E-state index contributed by atoms with van der Waals surface area (Å²) in [6.45, 7) is 8.65. The van der Waals surface area contributed by atoms with Gasteiger partial charge in [-0.25, -0.2) is 0 Å². The molecule has 1 N–H and O–H groups in total. The predicted molar refractivity (Wildman–Crippen MR) is 140 cm³/mol. The number of carbonyl (C=O) groups excluding carboxylic acids is 1. The van der Waals surface area contributed by atoms with Crippen LogP contribution in [0.4, 0.5) is 5.69 Å². The van der Waals surface area contributed by atoms with Crippen molar-refractivity contribution in [2.45, 2.75) is 46.2 Å². The maximum Gasteiger partial charge on any atom is 0.252 e. The first-order chi connectivity index (χ1) is 17.0. The Morgan fingerprint density at radius 1 is 1.17 bits per heavy atom. The number of para-hydroxylation sites is 1. The average molecular weight is 494 g/mol. The van der Waals surface area contributed by atoms with Crippen molar-refractivity contribution in [3.05, 3.63) is 82.1 Å². The van der Waals surface area contributed by atoms with Crippen LogP contribution in [0.2, 0.25) is 5.02 Å². The van der Waals surface area contributed by atoms with E-state index in [9.17, 15) is 4.79 Å². The third-order valence-electron chi connectivity index (χ3n) is 6.33. The summed E-state index contributed by atoms with van der Waals surface area (Å²) >= 11 is 6.49. The third kappa shape index (κ3) is 6.13. The van der Waals surface area contributed by atoms with Crippen molar-refractivity contribution in [2.75, 3.05) is 24.7 Å². The molecular formula is C28H32ClN3O3. The van der Waals surface area contributed by atoms with Gasteiger partial charge in [0, 0.05) is 48.3 Å². The maximum atomic E-state index is 13.3. The molecular weight excluding hydrogens is 462 g/mol. The summed E-state index contributed by atoms with van der Waals surface area (Å²) in [5.41, 5.74) is 4.12. The molecule has 1 amide bonds. The number of ether oxygens (including phenoxy) is 2. The Bertz CT molecular complexity index is 1160. The second-order valence-electron chi connectivity index (χ2n) is 8.78. The fourth-order valence-corrected chi connectivity index (χ4v) is 4.70. The van der Waals surface area contributed by atoms with E-state index >= 15 is 0 Å². The van der Waals surface area contributed by atoms with Gasteiger partial charge in [-0.05, 0) is 75.1 Å². The van der Waals surface area contributed by atoms with E-state index in [1.54, 1.807) is 12.3 Å². The van der Waals surface area contributed by atoms with Gasteiger partial charge < -0.3 is 19.7 Å². The highest BCUT2D eigenvalue weighted by molar-refractivity contribution is 6.31. The minimum atomic E-state index is -0.192. The van der Waals surface area contributed by atoms with Crippen LogP contribution in [0.5, 0.6) is 11.5 Å². The van der Waals surface area contributed by atoms with Gasteiger partial charge in [0.05, 0.1) is 6.54 Å². The van der Waals surface area contributed by atoms with Gasteiger partial charge in [-0.1, -0.05) is 29.8 Å². The Morgan fingerprint density at radius 2 is 1.91 bits per heavy atom. The van der Waals surface area contributed by atoms with Gasteiger partial charge in [0.15, 0.2) is 5.75 Å². The lowest BCUT2D eigenvalue weighted by Gasteiger charge is -2.36. The Hall–Kier alpha value is -3.09. The fraction of sp³-hybridized carbons (Fsp3) is 0.357. The summed E-state index contributed by atoms with van der Waals surface area (Å²) in [5.74, 6) is 1.15. The zero-order valence-corrected chi connectivity index (χ0v) is 21.3. The molecule has 6 nitrogen and oxygen atoms in total. The van der Waals surface area contributed by atoms with E-state index in [0.29, 0.717) is 28.1 Å². The molecule has 0 bridgehead atoms. The van der Waals surface area contributed by atoms with E-state index in [1.165, 1.54) is 0 Å². The van der Waals surface area contributed by atoms with Crippen molar-refractivity contribution in [3.63, 3.8) is 0 Å². The topological polar surface area (TPSA) is 63.7 Å². The summed E-state index contributed by atoms with van der Waals surface area (Å²) in [7, 11) is 0. The van der Waals surface area contributed by atoms with E-state index < -0.39 is 0 Å². The van der Waals surface area contributed by atoms with Crippen LogP contribution in [-0.4, -0.2) is 36.7 Å². The Labute approximate surface area is 212 Å². The largest absolute Gasteiger partial charge is 0.455 e. The Balaban J connectivity index is 1.54. The molecule has 3 aromatic rings. The molecule has 1 saturated heterocycles. The van der Waals surface area contributed by atoms with Crippen LogP contribution in [0.3, 0.4) is 0 Å². The van der Waals surface area contributed by atoms with Crippen molar-refractivity contribution >= 4 is 23.2 Å². The quantitative estimate of drug-likeness (QED) is 0.412. The number of anilines is 1. The standard InChI is InChI=1S/C28H32ClN3O3/c1-4-32(22-10-12-34-13-11-22)26-16-21(29)15-24(20(26)3)28(33)31-18-25-27(14-19(2)17-30-25)35-23-8-6-5-7-9-23/h5-9,14-17,22H,4,10-13,18H2,1-3H3,(H,31,33). The highest BCUT2D eigenvalue weighted by atomic mass is 35.5. The number of amides is 1. The van der Waals surface area contributed by atoms with Gasteiger partial charge in [0.1, 0.15) is 11.4 Å². The molecule has 1 aliphatic heterocycles. The molecule has 1 fully saturated rings. The number of carbonyl (C=O) groups is 1. The molecule has 1 aromatic heterocycles. The fourth-order valence-electron chi connectivity index (χ4n) is 4.49. The average Bonchev–Trinajstić information content (AvgIpc) is 2.87. The number of nitrogens with one attached hydrogen (secondary N) is 1. The summed E-state index contributed by atoms with van der Waals surface area (Å²) in [5, 5.41) is 3.56. The molecule has 0 spiro atoms. The van der Waals surface area contributed by atoms with Crippen molar-refractivity contribution in [2.24, 2.45) is 0 Å². The number of pyridine rings is 1. The van der Waals surface area contributed by atoms with Crippen molar-refractivity contribution in [1.82, 2.24) is 10.3 Å². The first-order valence-electron chi connectivity index (χ1n) is 12.1. The zero-order chi connectivity index (χ0) is 24.8. The predicted octanol–water partition coefficient (Wildman–Crippen LogP) is 6.08. The second-order valence-corrected chi connectivity index (χ2v) is 9.22. The monoisotopic (exact) mass is 493 g/mol. The first-order valence-corrected chi connectivity index (χ1v) is 12.4. The summed E-state index contributed by atoms with van der Waals surface area (Å²) in [6.07, 6.45) is 3.70. The van der Waals surface area contributed by atoms with Crippen LogP contribution in [-0.2, 0) is 11.3 Å². The van der Waals surface area contributed by atoms with Crippen LogP contribution < -0.4 is 15.0 Å². The third-order valence-corrected chi connectivity index (χ3v) is 6.54. The van der Waals surface area contributed by atoms with Crippen molar-refractivity contribution in [3.8, 4) is 11.5 Å². The number of nitrogens with zero attached hydrogens (tertiary/aromatic N) is 2. The summed E-state index contributed by atoms with van der Waals surface area (Å²) in [4.78, 5) is 20.1. The van der Waals surface area contributed by atoms with Crippen LogP contribution in [0.15, 0.2) is 54.7 Å². The number of aryl methyl sites for hydroxylation is 1. The van der Waals surface area contributed by atoms with Crippen LogP contribution in [0.25, 0.3) is 0 Å². The van der Waals surface area contributed by atoms with Gasteiger partial charge >= 0.3 is 0 Å². The molecule has 7 heteroatoms. The Morgan fingerprint density at radius 3 is 2.63 bits per heavy atom. The molecule has 0 aliphatic carbocycles. The van der Waals surface area contributed by atoms with E-state index in [2.05, 4.69) is 22.1 Å². The summed E-state index contributed by atoms with van der Waals surface area (Å²) in [6, 6.07) is 15.5. The minimum absolute atomic E-state index is 0.192. The Kier molecular flexibility index (Phi) is 8.26.